The predicted octanol–water partition coefficient (Wildman–Crippen LogP) is 1.55. The average molecular weight is 465 g/mol. The molecule has 11 heteroatoms. The molecule has 1 saturated carbocycles. The predicted molar refractivity (Wildman–Crippen MR) is 110 cm³/mol. The number of amides is 3. The lowest BCUT2D eigenvalue weighted by molar-refractivity contribution is -0.150. The summed E-state index contributed by atoms with van der Waals surface area (Å²) in [4.78, 5) is 49.2. The second-order valence-electron chi connectivity index (χ2n) is 8.53. The number of esters is 1. The van der Waals surface area contributed by atoms with Gasteiger partial charge in [-0.3, -0.25) is 19.3 Å². The first kappa shape index (κ1) is 22.9. The number of halogens is 2. The Balaban J connectivity index is 1.38. The maximum Gasteiger partial charge on any atom is 0.414 e. The minimum absolute atomic E-state index is 0.0415. The van der Waals surface area contributed by atoms with E-state index in [0.717, 1.165) is 17.0 Å². The number of likely N-dealkylation sites (tertiary alicyclic amines) is 1. The van der Waals surface area contributed by atoms with Gasteiger partial charge in [-0.15, -0.1) is 0 Å². The van der Waals surface area contributed by atoms with Gasteiger partial charge < -0.3 is 19.7 Å². The van der Waals surface area contributed by atoms with Crippen molar-refractivity contribution in [3.05, 3.63) is 29.3 Å². The molecule has 0 spiro atoms. The Labute approximate surface area is 189 Å². The number of rotatable bonds is 7. The minimum atomic E-state index is -0.752. The van der Waals surface area contributed by atoms with Gasteiger partial charge in [0.15, 0.2) is 6.61 Å². The van der Waals surface area contributed by atoms with Crippen LogP contribution in [0.25, 0.3) is 0 Å². The first-order valence-corrected chi connectivity index (χ1v) is 10.8. The van der Waals surface area contributed by atoms with Gasteiger partial charge in [0, 0.05) is 32.0 Å². The van der Waals surface area contributed by atoms with Crippen molar-refractivity contribution in [2.75, 3.05) is 37.7 Å². The van der Waals surface area contributed by atoms with Crippen LogP contribution in [0.1, 0.15) is 31.7 Å². The summed E-state index contributed by atoms with van der Waals surface area (Å²) < 4.78 is 39.8. The zero-order valence-electron chi connectivity index (χ0n) is 18.3. The Morgan fingerprint density at radius 3 is 2.36 bits per heavy atom. The van der Waals surface area contributed by atoms with Crippen molar-refractivity contribution in [1.82, 2.24) is 10.2 Å². The van der Waals surface area contributed by atoms with E-state index in [4.69, 9.17) is 9.47 Å². The number of nitrogens with zero attached hydrogens (tertiary/aromatic N) is 2. The molecule has 1 unspecified atom stereocenters. The number of piperidine rings is 1. The summed E-state index contributed by atoms with van der Waals surface area (Å²) in [5, 5.41) is 2.63. The third-order valence-corrected chi connectivity index (χ3v) is 6.38. The Bertz CT molecular complexity index is 967. The molecule has 0 radical (unpaired) electrons. The highest BCUT2D eigenvalue weighted by molar-refractivity contribution is 5.90. The highest BCUT2D eigenvalue weighted by atomic mass is 19.1. The quantitative estimate of drug-likeness (QED) is 0.613. The molecule has 3 aliphatic rings. The Hall–Kier alpha value is -3.24. The number of carbonyl (C=O) groups is 4. The third-order valence-electron chi connectivity index (χ3n) is 6.38. The van der Waals surface area contributed by atoms with E-state index < -0.39 is 29.8 Å². The summed E-state index contributed by atoms with van der Waals surface area (Å²) in [5.41, 5.74) is 0.00669. The van der Waals surface area contributed by atoms with E-state index >= 15 is 0 Å². The van der Waals surface area contributed by atoms with Crippen molar-refractivity contribution in [1.29, 1.82) is 0 Å². The summed E-state index contributed by atoms with van der Waals surface area (Å²) in [7, 11) is 0. The van der Waals surface area contributed by atoms with Gasteiger partial charge in [-0.2, -0.15) is 0 Å². The van der Waals surface area contributed by atoms with E-state index in [9.17, 15) is 28.0 Å². The fraction of sp³-hybridized carbons (Fsp3) is 0.545. The lowest BCUT2D eigenvalue weighted by Crippen LogP contribution is -2.35. The summed E-state index contributed by atoms with van der Waals surface area (Å²) in [6, 6.07) is 2.23. The fourth-order valence-electron chi connectivity index (χ4n) is 4.65. The molecule has 9 nitrogen and oxygen atoms in total. The summed E-state index contributed by atoms with van der Waals surface area (Å²) in [5.74, 6) is -3.05. The van der Waals surface area contributed by atoms with Crippen LogP contribution in [0.2, 0.25) is 0 Å². The highest BCUT2D eigenvalue weighted by Gasteiger charge is 2.58. The number of fused-ring (bicyclic) bond motifs is 1. The van der Waals surface area contributed by atoms with E-state index in [2.05, 4.69) is 5.32 Å². The van der Waals surface area contributed by atoms with Crippen LogP contribution in [0.3, 0.4) is 0 Å². The molecule has 0 aromatic heterocycles. The van der Waals surface area contributed by atoms with Crippen molar-refractivity contribution < 1.29 is 37.4 Å². The molecule has 33 heavy (non-hydrogen) atoms. The third kappa shape index (κ3) is 4.62. The van der Waals surface area contributed by atoms with Crippen LogP contribution >= 0.6 is 0 Å². The lowest BCUT2D eigenvalue weighted by atomic mass is 10.0. The van der Waals surface area contributed by atoms with E-state index in [1.165, 1.54) is 11.8 Å². The van der Waals surface area contributed by atoms with E-state index in [-0.39, 0.29) is 60.5 Å². The van der Waals surface area contributed by atoms with Gasteiger partial charge in [0.2, 0.25) is 5.91 Å². The molecule has 4 rings (SSSR count). The van der Waals surface area contributed by atoms with Crippen LogP contribution in [0.5, 0.6) is 0 Å². The molecule has 3 fully saturated rings. The lowest BCUT2D eigenvalue weighted by Gasteiger charge is -2.20. The Morgan fingerprint density at radius 2 is 1.79 bits per heavy atom. The van der Waals surface area contributed by atoms with Crippen molar-refractivity contribution >= 4 is 29.6 Å². The van der Waals surface area contributed by atoms with Crippen molar-refractivity contribution in [3.8, 4) is 0 Å². The standard InChI is InChI=1S/C22H25F2N3O6/c1-3-18(29)25-6-13-7-27(22(31)33-13)12-4-16(23)21(17(24)5-12)20-14-8-26(9-15(14)20)19(30)10-32-11(2)28/h4-5,13-15,20H,3,6-10H2,1-2H3,(H,25,29)/t13-,14-,15+,20?/m0/s1. The molecule has 3 amide bonds. The largest absolute Gasteiger partial charge is 0.456 e. The molecule has 1 aromatic rings. The van der Waals surface area contributed by atoms with E-state index in [1.807, 2.05) is 0 Å². The number of cyclic esters (lactones) is 1. The number of anilines is 1. The number of benzene rings is 1. The van der Waals surface area contributed by atoms with E-state index in [0.29, 0.717) is 19.5 Å². The van der Waals surface area contributed by atoms with Crippen LogP contribution in [0, 0.1) is 23.5 Å². The zero-order chi connectivity index (χ0) is 23.9. The number of hydrogen-bond acceptors (Lipinski definition) is 6. The van der Waals surface area contributed by atoms with Crippen LogP contribution in [-0.2, 0) is 23.9 Å². The first-order chi connectivity index (χ1) is 15.7. The van der Waals surface area contributed by atoms with Gasteiger partial charge in [0.05, 0.1) is 18.8 Å². The monoisotopic (exact) mass is 465 g/mol. The Kier molecular flexibility index (Phi) is 6.22. The smallest absolute Gasteiger partial charge is 0.414 e. The molecule has 0 bridgehead atoms. The maximum atomic E-state index is 14.9. The number of nitrogens with one attached hydrogen (secondary N) is 1. The number of hydrogen-bond donors (Lipinski definition) is 1. The maximum absolute atomic E-state index is 14.9. The van der Waals surface area contributed by atoms with Gasteiger partial charge in [0.1, 0.15) is 17.7 Å². The average Bonchev–Trinajstić information content (AvgIpc) is 3.10. The van der Waals surface area contributed by atoms with E-state index in [1.54, 1.807) is 6.92 Å². The molecular formula is C22H25F2N3O6. The summed E-state index contributed by atoms with van der Waals surface area (Å²) in [6.07, 6.45) is -1.05. The molecular weight excluding hydrogens is 440 g/mol. The van der Waals surface area contributed by atoms with Crippen LogP contribution in [0.4, 0.5) is 19.3 Å². The van der Waals surface area contributed by atoms with Crippen LogP contribution in [0.15, 0.2) is 12.1 Å². The molecule has 1 aliphatic carbocycles. The molecule has 178 valence electrons. The molecule has 1 N–H and O–H groups in total. The zero-order valence-corrected chi connectivity index (χ0v) is 18.3. The first-order valence-electron chi connectivity index (χ1n) is 10.8. The summed E-state index contributed by atoms with van der Waals surface area (Å²) >= 11 is 0. The SMILES string of the molecule is CCC(=O)NC[C@H]1CN(c2cc(F)c(C3[C@H]4CN(C(=O)COC(C)=O)C[C@@H]34)c(F)c2)C(=O)O1. The van der Waals surface area contributed by atoms with Gasteiger partial charge in [-0.25, -0.2) is 13.6 Å². The molecule has 2 saturated heterocycles. The molecule has 1 aromatic carbocycles. The number of carbonyl (C=O) groups excluding carboxylic acids is 4. The normalized spacial score (nSPS) is 25.5. The van der Waals surface area contributed by atoms with Gasteiger partial charge in [-0.05, 0) is 29.9 Å². The van der Waals surface area contributed by atoms with Gasteiger partial charge >= 0.3 is 12.1 Å². The Morgan fingerprint density at radius 1 is 1.15 bits per heavy atom. The summed E-state index contributed by atoms with van der Waals surface area (Å²) in [6.45, 7) is 3.45. The van der Waals surface area contributed by atoms with Gasteiger partial charge in [0.25, 0.3) is 5.91 Å². The second kappa shape index (κ2) is 8.95. The van der Waals surface area contributed by atoms with Crippen molar-refractivity contribution in [2.24, 2.45) is 11.8 Å². The fourth-order valence-corrected chi connectivity index (χ4v) is 4.65. The van der Waals surface area contributed by atoms with Crippen molar-refractivity contribution in [3.63, 3.8) is 0 Å². The highest BCUT2D eigenvalue weighted by Crippen LogP contribution is 2.59. The topological polar surface area (TPSA) is 105 Å². The minimum Gasteiger partial charge on any atom is -0.456 e. The van der Waals surface area contributed by atoms with Crippen LogP contribution < -0.4 is 10.2 Å². The number of ether oxygens (including phenoxy) is 2. The molecule has 4 atom stereocenters. The second-order valence-corrected chi connectivity index (χ2v) is 8.53. The van der Waals surface area contributed by atoms with Crippen LogP contribution in [-0.4, -0.2) is 67.7 Å². The molecule has 2 aliphatic heterocycles. The molecule has 2 heterocycles. The van der Waals surface area contributed by atoms with Gasteiger partial charge in [-0.1, -0.05) is 6.92 Å². The van der Waals surface area contributed by atoms with Crippen molar-refractivity contribution in [2.45, 2.75) is 32.3 Å².